The fourth-order valence-electron chi connectivity index (χ4n) is 1.79. The van der Waals surface area contributed by atoms with Crippen LogP contribution in [0, 0.1) is 0 Å². The smallest absolute Gasteiger partial charge is 0.273 e. The first-order chi connectivity index (χ1) is 9.22. The van der Waals surface area contributed by atoms with E-state index >= 15 is 0 Å². The van der Waals surface area contributed by atoms with Crippen LogP contribution in [0.3, 0.4) is 0 Å². The second-order valence-electron chi connectivity index (χ2n) is 4.20. The number of carbonyl (C=O) groups excluding carboxylic acids is 1. The predicted octanol–water partition coefficient (Wildman–Crippen LogP) is 0.571. The van der Waals surface area contributed by atoms with Crippen LogP contribution in [0.5, 0.6) is 0 Å². The van der Waals surface area contributed by atoms with Gasteiger partial charge >= 0.3 is 0 Å². The number of carbonyl (C=O) groups is 1. The highest BCUT2D eigenvalue weighted by atomic mass is 16.1. The second kappa shape index (κ2) is 6.03. The molecule has 0 saturated heterocycles. The minimum absolute atomic E-state index is 0.242. The second-order valence-corrected chi connectivity index (χ2v) is 4.20. The van der Waals surface area contributed by atoms with Crippen molar-refractivity contribution in [1.29, 1.82) is 0 Å². The summed E-state index contributed by atoms with van der Waals surface area (Å²) >= 11 is 0. The van der Waals surface area contributed by atoms with Crippen molar-refractivity contribution in [3.05, 3.63) is 29.8 Å². The molecule has 2 aromatic rings. The highest BCUT2D eigenvalue weighted by molar-refractivity contribution is 5.97. The minimum atomic E-state index is -0.242. The van der Waals surface area contributed by atoms with Gasteiger partial charge in [0.05, 0.1) is 11.4 Å². The van der Waals surface area contributed by atoms with E-state index in [9.17, 15) is 4.79 Å². The van der Waals surface area contributed by atoms with Crippen LogP contribution in [0.25, 0.3) is 0 Å². The lowest BCUT2D eigenvalue weighted by Crippen LogP contribution is -2.26. The van der Waals surface area contributed by atoms with Gasteiger partial charge in [-0.15, -0.1) is 0 Å². The lowest BCUT2D eigenvalue weighted by atomic mass is 10.2. The predicted molar refractivity (Wildman–Crippen MR) is 71.6 cm³/mol. The Labute approximate surface area is 111 Å². The van der Waals surface area contributed by atoms with Crippen LogP contribution in [0.4, 0.5) is 5.69 Å². The number of nitrogen functional groups attached to an aromatic ring is 1. The van der Waals surface area contributed by atoms with E-state index in [4.69, 9.17) is 5.73 Å². The average Bonchev–Trinajstić information content (AvgIpc) is 3.03. The lowest BCUT2D eigenvalue weighted by molar-refractivity contribution is 0.0948. The first-order valence-electron chi connectivity index (χ1n) is 6.30. The number of anilines is 1. The number of H-pyrrole nitrogens is 1. The molecule has 19 heavy (non-hydrogen) atoms. The molecule has 0 aliphatic carbocycles. The molecule has 7 nitrogen and oxygen atoms in total. The van der Waals surface area contributed by atoms with Crippen LogP contribution in [0.1, 0.15) is 29.5 Å². The first kappa shape index (κ1) is 13.1. The quantitative estimate of drug-likeness (QED) is 0.662. The largest absolute Gasteiger partial charge is 0.395 e. The zero-order valence-electron chi connectivity index (χ0n) is 10.9. The van der Waals surface area contributed by atoms with E-state index < -0.39 is 0 Å². The van der Waals surface area contributed by atoms with E-state index in [0.717, 1.165) is 25.1 Å². The number of nitrogens with two attached hydrogens (primary N) is 1. The Bertz CT molecular complexity index is 530. The Morgan fingerprint density at radius 3 is 3.05 bits per heavy atom. The summed E-state index contributed by atoms with van der Waals surface area (Å²) in [6.45, 7) is 3.28. The van der Waals surface area contributed by atoms with Crippen molar-refractivity contribution >= 4 is 11.6 Å². The molecule has 0 radical (unpaired) electrons. The summed E-state index contributed by atoms with van der Waals surface area (Å²) in [5.74, 6) is -0.242. The minimum Gasteiger partial charge on any atom is -0.395 e. The Morgan fingerprint density at radius 2 is 2.42 bits per heavy atom. The molecular weight excluding hydrogens is 244 g/mol. The van der Waals surface area contributed by atoms with Gasteiger partial charge in [0.15, 0.2) is 5.69 Å². The summed E-state index contributed by atoms with van der Waals surface area (Å²) in [6, 6.07) is 1.87. The van der Waals surface area contributed by atoms with Crippen molar-refractivity contribution in [3.8, 4) is 0 Å². The van der Waals surface area contributed by atoms with Crippen molar-refractivity contribution in [3.63, 3.8) is 0 Å². The van der Waals surface area contributed by atoms with E-state index in [1.807, 2.05) is 23.9 Å². The van der Waals surface area contributed by atoms with Crippen LogP contribution in [0.2, 0.25) is 0 Å². The van der Waals surface area contributed by atoms with Crippen LogP contribution < -0.4 is 11.1 Å². The number of amides is 1. The van der Waals surface area contributed by atoms with E-state index in [2.05, 4.69) is 20.6 Å². The van der Waals surface area contributed by atoms with Gasteiger partial charge in [0, 0.05) is 25.5 Å². The van der Waals surface area contributed by atoms with Gasteiger partial charge in [0.1, 0.15) is 0 Å². The molecule has 0 aliphatic rings. The molecule has 4 N–H and O–H groups in total. The Balaban J connectivity index is 1.79. The molecule has 0 saturated carbocycles. The van der Waals surface area contributed by atoms with Crippen molar-refractivity contribution in [2.75, 3.05) is 12.3 Å². The zero-order valence-corrected chi connectivity index (χ0v) is 10.9. The standard InChI is InChI=1S/C12H18N6O/c1-2-9-10(13)11(17-16-9)12(19)14-5-3-7-18-8-4-6-15-18/h4,6,8H,2-3,5,7,13H2,1H3,(H,14,19)(H,16,17). The molecule has 0 atom stereocenters. The molecule has 2 rings (SSSR count). The van der Waals surface area contributed by atoms with Gasteiger partial charge in [0.2, 0.25) is 0 Å². The molecule has 0 spiro atoms. The summed E-state index contributed by atoms with van der Waals surface area (Å²) in [4.78, 5) is 11.9. The maximum absolute atomic E-state index is 11.9. The summed E-state index contributed by atoms with van der Waals surface area (Å²) < 4.78 is 1.82. The lowest BCUT2D eigenvalue weighted by Gasteiger charge is -2.04. The number of nitrogens with one attached hydrogen (secondary N) is 2. The maximum Gasteiger partial charge on any atom is 0.273 e. The molecule has 2 heterocycles. The van der Waals surface area contributed by atoms with Crippen molar-refractivity contribution in [2.24, 2.45) is 0 Å². The number of hydrogen-bond donors (Lipinski definition) is 3. The molecule has 2 aromatic heterocycles. The maximum atomic E-state index is 11.9. The van der Waals surface area contributed by atoms with Crippen LogP contribution in [-0.4, -0.2) is 32.4 Å². The molecule has 0 unspecified atom stereocenters. The fourth-order valence-corrected chi connectivity index (χ4v) is 1.79. The van der Waals surface area contributed by atoms with E-state index in [0.29, 0.717) is 12.2 Å². The highest BCUT2D eigenvalue weighted by Crippen LogP contribution is 2.13. The summed E-state index contributed by atoms with van der Waals surface area (Å²) in [5.41, 5.74) is 7.33. The van der Waals surface area contributed by atoms with Gasteiger partial charge in [-0.2, -0.15) is 10.2 Å². The molecule has 102 valence electrons. The van der Waals surface area contributed by atoms with Crippen molar-refractivity contribution in [1.82, 2.24) is 25.3 Å². The molecular formula is C12H18N6O. The summed E-state index contributed by atoms with van der Waals surface area (Å²) in [5, 5.41) is 13.6. The molecule has 0 bridgehead atoms. The topological polar surface area (TPSA) is 102 Å². The summed E-state index contributed by atoms with van der Waals surface area (Å²) in [6.07, 6.45) is 5.15. The van der Waals surface area contributed by atoms with Gasteiger partial charge in [0.25, 0.3) is 5.91 Å². The van der Waals surface area contributed by atoms with Gasteiger partial charge < -0.3 is 11.1 Å². The number of hydrogen-bond acceptors (Lipinski definition) is 4. The van der Waals surface area contributed by atoms with Crippen molar-refractivity contribution in [2.45, 2.75) is 26.3 Å². The molecule has 1 amide bonds. The number of rotatable bonds is 6. The fraction of sp³-hybridized carbons (Fsp3) is 0.417. The first-order valence-corrected chi connectivity index (χ1v) is 6.30. The van der Waals surface area contributed by atoms with Crippen LogP contribution in [0.15, 0.2) is 18.5 Å². The van der Waals surface area contributed by atoms with Gasteiger partial charge in [-0.3, -0.25) is 14.6 Å². The number of aromatic amines is 1. The van der Waals surface area contributed by atoms with Crippen LogP contribution >= 0.6 is 0 Å². The van der Waals surface area contributed by atoms with E-state index in [1.165, 1.54) is 0 Å². The third-order valence-corrected chi connectivity index (χ3v) is 2.86. The van der Waals surface area contributed by atoms with E-state index in [-0.39, 0.29) is 11.6 Å². The van der Waals surface area contributed by atoms with Crippen molar-refractivity contribution < 1.29 is 4.79 Å². The Morgan fingerprint density at radius 1 is 1.58 bits per heavy atom. The highest BCUT2D eigenvalue weighted by Gasteiger charge is 2.15. The third-order valence-electron chi connectivity index (χ3n) is 2.86. The normalized spacial score (nSPS) is 10.6. The summed E-state index contributed by atoms with van der Waals surface area (Å²) in [7, 11) is 0. The SMILES string of the molecule is CCc1[nH]nc(C(=O)NCCCn2cccn2)c1N. The number of nitrogens with zero attached hydrogens (tertiary/aromatic N) is 3. The van der Waals surface area contributed by atoms with Gasteiger partial charge in [-0.1, -0.05) is 6.92 Å². The molecule has 0 fully saturated rings. The number of aryl methyl sites for hydroxylation is 2. The monoisotopic (exact) mass is 262 g/mol. The molecule has 7 heteroatoms. The molecule has 0 aromatic carbocycles. The number of aromatic nitrogens is 4. The van der Waals surface area contributed by atoms with Gasteiger partial charge in [-0.25, -0.2) is 0 Å². The van der Waals surface area contributed by atoms with Crippen LogP contribution in [-0.2, 0) is 13.0 Å². The average molecular weight is 262 g/mol. The third kappa shape index (κ3) is 3.12. The van der Waals surface area contributed by atoms with Gasteiger partial charge in [-0.05, 0) is 18.9 Å². The molecule has 0 aliphatic heterocycles. The van der Waals surface area contributed by atoms with E-state index in [1.54, 1.807) is 6.20 Å². The zero-order chi connectivity index (χ0) is 13.7. The Kier molecular flexibility index (Phi) is 4.17. The Hall–Kier alpha value is -2.31.